The van der Waals surface area contributed by atoms with Gasteiger partial charge in [0.25, 0.3) is 0 Å². The highest BCUT2D eigenvalue weighted by Gasteiger charge is 2.37. The summed E-state index contributed by atoms with van der Waals surface area (Å²) in [5.41, 5.74) is 2.00. The summed E-state index contributed by atoms with van der Waals surface area (Å²) in [6, 6.07) is 9.61. The highest BCUT2D eigenvalue weighted by atomic mass is 16.6. The average Bonchev–Trinajstić information content (AvgIpc) is 3.51. The van der Waals surface area contributed by atoms with E-state index in [0.717, 1.165) is 47.2 Å². The first-order valence-electron chi connectivity index (χ1n) is 15.0. The van der Waals surface area contributed by atoms with Gasteiger partial charge in [-0.1, -0.05) is 25.7 Å². The Kier molecular flexibility index (Phi) is 8.94. The smallest absolute Gasteiger partial charge is 0.407 e. The lowest BCUT2D eigenvalue weighted by molar-refractivity contribution is 0.0470. The van der Waals surface area contributed by atoms with Crippen LogP contribution in [-0.4, -0.2) is 55.1 Å². The molecule has 3 aromatic rings. The number of ether oxygens (including phenoxy) is 4. The Labute approximate surface area is 248 Å². The van der Waals surface area contributed by atoms with Crippen LogP contribution < -0.4 is 24.8 Å². The van der Waals surface area contributed by atoms with E-state index in [1.54, 1.807) is 21.3 Å². The number of anilines is 1. The Morgan fingerprint density at radius 1 is 0.857 bits per heavy atom. The van der Waals surface area contributed by atoms with Crippen molar-refractivity contribution in [2.75, 3.05) is 26.6 Å². The maximum absolute atomic E-state index is 12.8. The van der Waals surface area contributed by atoms with E-state index in [1.165, 1.54) is 25.7 Å². The summed E-state index contributed by atoms with van der Waals surface area (Å²) >= 11 is 0. The Morgan fingerprint density at radius 3 is 2.21 bits per heavy atom. The molecule has 2 aromatic carbocycles. The second kappa shape index (κ2) is 12.6. The highest BCUT2D eigenvalue weighted by Crippen LogP contribution is 2.41. The predicted molar refractivity (Wildman–Crippen MR) is 164 cm³/mol. The lowest BCUT2D eigenvalue weighted by Gasteiger charge is -2.39. The first kappa shape index (κ1) is 29.7. The van der Waals surface area contributed by atoms with Gasteiger partial charge in [0.1, 0.15) is 22.8 Å². The number of fused-ring (bicyclic) bond motifs is 1. The molecule has 0 spiro atoms. The zero-order valence-electron chi connectivity index (χ0n) is 25.7. The number of rotatable bonds is 8. The van der Waals surface area contributed by atoms with E-state index >= 15 is 0 Å². The average molecular weight is 577 g/mol. The number of nitrogens with zero attached hydrogens (tertiary/aromatic N) is 2. The Balaban J connectivity index is 1.39. The van der Waals surface area contributed by atoms with Crippen molar-refractivity contribution in [2.24, 2.45) is 11.8 Å². The van der Waals surface area contributed by atoms with Gasteiger partial charge >= 0.3 is 6.09 Å². The quantitative estimate of drug-likeness (QED) is 0.296. The first-order valence-corrected chi connectivity index (χ1v) is 15.0. The van der Waals surface area contributed by atoms with Crippen LogP contribution in [0.3, 0.4) is 0 Å². The second-order valence-corrected chi connectivity index (χ2v) is 12.5. The van der Waals surface area contributed by atoms with Crippen molar-refractivity contribution < 1.29 is 23.7 Å². The van der Waals surface area contributed by atoms with Gasteiger partial charge < -0.3 is 29.6 Å². The number of benzene rings is 2. The molecule has 1 heterocycles. The summed E-state index contributed by atoms with van der Waals surface area (Å²) in [5.74, 6) is 3.96. The van der Waals surface area contributed by atoms with Crippen molar-refractivity contribution in [3.05, 3.63) is 36.5 Å². The lowest BCUT2D eigenvalue weighted by atomic mass is 9.75. The number of nitrogens with one attached hydrogen (secondary N) is 2. The Hall–Kier alpha value is -3.75. The Morgan fingerprint density at radius 2 is 1.57 bits per heavy atom. The standard InChI is InChI=1S/C33H44N4O5/c1-33(2,3)42-32(38)37-29-16-21(20-9-7-8-10-20)11-12-27(29)35-31-34-19-23-15-26(30(41-6)18-28(23)36-31)22-13-24(39-4)17-25(14-22)40-5/h13-15,17-21,27,29H,7-12,16H2,1-6H3,(H,37,38)(H,34,35,36). The van der Waals surface area contributed by atoms with E-state index in [2.05, 4.69) is 15.6 Å². The molecule has 1 aromatic heterocycles. The Bertz CT molecular complexity index is 1380. The zero-order valence-corrected chi connectivity index (χ0v) is 25.7. The third kappa shape index (κ3) is 6.99. The monoisotopic (exact) mass is 576 g/mol. The van der Waals surface area contributed by atoms with Crippen LogP contribution in [0.5, 0.6) is 17.2 Å². The number of hydrogen-bond acceptors (Lipinski definition) is 8. The minimum absolute atomic E-state index is 0.00182. The van der Waals surface area contributed by atoms with Crippen molar-refractivity contribution in [2.45, 2.75) is 83.4 Å². The number of methoxy groups -OCH3 is 3. The molecule has 226 valence electrons. The van der Waals surface area contributed by atoms with Crippen LogP contribution in [0.1, 0.15) is 65.7 Å². The molecule has 5 rings (SSSR count). The fourth-order valence-electron chi connectivity index (χ4n) is 6.50. The van der Waals surface area contributed by atoms with Crippen LogP contribution in [0.2, 0.25) is 0 Å². The van der Waals surface area contributed by atoms with Gasteiger partial charge in [0.15, 0.2) is 0 Å². The van der Waals surface area contributed by atoms with Crippen LogP contribution >= 0.6 is 0 Å². The third-order valence-electron chi connectivity index (χ3n) is 8.54. The number of carbonyl (C=O) groups excluding carboxylic acids is 1. The maximum Gasteiger partial charge on any atom is 0.407 e. The van der Waals surface area contributed by atoms with Gasteiger partial charge in [0.05, 0.1) is 32.9 Å². The van der Waals surface area contributed by atoms with Gasteiger partial charge in [0, 0.05) is 35.3 Å². The molecular formula is C33H44N4O5. The van der Waals surface area contributed by atoms with Crippen LogP contribution in [0.25, 0.3) is 22.0 Å². The number of amides is 1. The lowest BCUT2D eigenvalue weighted by Crippen LogP contribution is -2.52. The minimum Gasteiger partial charge on any atom is -0.497 e. The van der Waals surface area contributed by atoms with E-state index in [9.17, 15) is 4.79 Å². The molecule has 3 unspecified atom stereocenters. The molecule has 2 aliphatic rings. The molecule has 0 radical (unpaired) electrons. The summed E-state index contributed by atoms with van der Waals surface area (Å²) in [6.45, 7) is 5.66. The van der Waals surface area contributed by atoms with Gasteiger partial charge in [-0.25, -0.2) is 14.8 Å². The highest BCUT2D eigenvalue weighted by molar-refractivity contribution is 5.89. The zero-order chi connectivity index (χ0) is 29.9. The summed E-state index contributed by atoms with van der Waals surface area (Å²) in [4.78, 5) is 22.3. The van der Waals surface area contributed by atoms with Crippen molar-refractivity contribution in [1.29, 1.82) is 0 Å². The van der Waals surface area contributed by atoms with Gasteiger partial charge in [-0.15, -0.1) is 0 Å². The number of carbonyl (C=O) groups is 1. The summed E-state index contributed by atoms with van der Waals surface area (Å²) in [5, 5.41) is 7.61. The number of alkyl carbamates (subject to hydrolysis) is 1. The topological polar surface area (TPSA) is 104 Å². The molecule has 0 aliphatic heterocycles. The molecule has 0 bridgehead atoms. The molecule has 2 fully saturated rings. The van der Waals surface area contributed by atoms with E-state index in [-0.39, 0.29) is 18.2 Å². The van der Waals surface area contributed by atoms with Gasteiger partial charge in [-0.2, -0.15) is 0 Å². The molecule has 2 aliphatic carbocycles. The largest absolute Gasteiger partial charge is 0.497 e. The molecule has 0 saturated heterocycles. The fraction of sp³-hybridized carbons (Fsp3) is 0.545. The second-order valence-electron chi connectivity index (χ2n) is 12.5. The van der Waals surface area contributed by atoms with Gasteiger partial charge in [-0.05, 0) is 75.6 Å². The van der Waals surface area contributed by atoms with Crippen LogP contribution in [0.15, 0.2) is 36.5 Å². The van der Waals surface area contributed by atoms with E-state index in [0.29, 0.717) is 29.1 Å². The number of hydrogen-bond donors (Lipinski definition) is 2. The summed E-state index contributed by atoms with van der Waals surface area (Å²) < 4.78 is 22.3. The van der Waals surface area contributed by atoms with Crippen LogP contribution in [0, 0.1) is 11.8 Å². The molecule has 42 heavy (non-hydrogen) atoms. The van der Waals surface area contributed by atoms with Crippen molar-refractivity contribution in [1.82, 2.24) is 15.3 Å². The SMILES string of the molecule is COc1cc(OC)cc(-c2cc3cnc(NC4CCC(C5CCCC5)CC4NC(=O)OC(C)(C)C)nc3cc2OC)c1. The molecule has 9 nitrogen and oxygen atoms in total. The predicted octanol–water partition coefficient (Wildman–Crippen LogP) is 6.99. The van der Waals surface area contributed by atoms with Crippen molar-refractivity contribution in [3.8, 4) is 28.4 Å². The third-order valence-corrected chi connectivity index (χ3v) is 8.54. The van der Waals surface area contributed by atoms with Crippen molar-refractivity contribution in [3.63, 3.8) is 0 Å². The van der Waals surface area contributed by atoms with Crippen LogP contribution in [-0.2, 0) is 4.74 Å². The fourth-order valence-corrected chi connectivity index (χ4v) is 6.50. The number of aromatic nitrogens is 2. The molecule has 3 atom stereocenters. The molecular weight excluding hydrogens is 532 g/mol. The minimum atomic E-state index is -0.554. The molecule has 9 heteroatoms. The van der Waals surface area contributed by atoms with Crippen LogP contribution in [0.4, 0.5) is 10.7 Å². The molecule has 2 saturated carbocycles. The summed E-state index contributed by atoms with van der Waals surface area (Å²) in [6.07, 6.45) is 9.65. The van der Waals surface area contributed by atoms with Gasteiger partial charge in [0.2, 0.25) is 5.95 Å². The van der Waals surface area contributed by atoms with Crippen molar-refractivity contribution >= 4 is 22.9 Å². The maximum atomic E-state index is 12.8. The molecule has 2 N–H and O–H groups in total. The summed E-state index contributed by atoms with van der Waals surface area (Å²) in [7, 11) is 4.92. The van der Waals surface area contributed by atoms with Gasteiger partial charge in [-0.3, -0.25) is 0 Å². The van der Waals surface area contributed by atoms with E-state index in [1.807, 2.05) is 57.3 Å². The van der Waals surface area contributed by atoms with E-state index in [4.69, 9.17) is 23.9 Å². The van der Waals surface area contributed by atoms with E-state index < -0.39 is 5.60 Å². The first-order chi connectivity index (χ1) is 20.1. The normalized spacial score (nSPS) is 21.1. The molecule has 1 amide bonds.